The average Bonchev–Trinajstić information content (AvgIpc) is 3.48. The Hall–Kier alpha value is -3.37. The highest BCUT2D eigenvalue weighted by Gasteiger charge is 2.61. The summed E-state index contributed by atoms with van der Waals surface area (Å²) in [5, 5.41) is 6.76. The molecule has 1 aliphatic carbocycles. The normalized spacial score (nSPS) is 26.7. The van der Waals surface area contributed by atoms with E-state index < -0.39 is 40.4 Å². The van der Waals surface area contributed by atoms with E-state index in [2.05, 4.69) is 15.2 Å². The third kappa shape index (κ3) is 4.18. The van der Waals surface area contributed by atoms with Crippen molar-refractivity contribution in [3.8, 4) is 0 Å². The molecular weight excluding hydrogens is 498 g/mol. The molecule has 2 aromatic carbocycles. The standard InChI is InChI=1S/C26H24F6N4O/c1-23(17-12-18(25(27,28)29)14-19(13-17)26(30,31)32)9-10-24(21(23)37)8-5-11-36(22-33-15-34-35-22)20(24)16-6-3-2-4-7-16/h2-4,6-7,12-15,20H,5,8-11H2,1H3,(H,33,34,35). The average molecular weight is 522 g/mol. The Morgan fingerprint density at radius 3 is 2.16 bits per heavy atom. The van der Waals surface area contributed by atoms with E-state index in [9.17, 15) is 31.1 Å². The van der Waals surface area contributed by atoms with Gasteiger partial charge in [0.2, 0.25) is 5.95 Å². The summed E-state index contributed by atoms with van der Waals surface area (Å²) in [5.74, 6) is 0.0956. The zero-order valence-corrected chi connectivity index (χ0v) is 19.8. The summed E-state index contributed by atoms with van der Waals surface area (Å²) in [6, 6.07) is 10.2. The van der Waals surface area contributed by atoms with E-state index in [-0.39, 0.29) is 23.8 Å². The summed E-state index contributed by atoms with van der Waals surface area (Å²) >= 11 is 0. The molecule has 3 atom stereocenters. The van der Waals surface area contributed by atoms with Gasteiger partial charge in [0.25, 0.3) is 0 Å². The van der Waals surface area contributed by atoms with Crippen LogP contribution in [-0.4, -0.2) is 27.5 Å². The van der Waals surface area contributed by atoms with Crippen LogP contribution in [0.2, 0.25) is 0 Å². The first-order valence-corrected chi connectivity index (χ1v) is 11.9. The fraction of sp³-hybridized carbons (Fsp3) is 0.423. The van der Waals surface area contributed by atoms with E-state index in [1.807, 2.05) is 35.2 Å². The van der Waals surface area contributed by atoms with Crippen LogP contribution in [0.5, 0.6) is 0 Å². The molecule has 5 nitrogen and oxygen atoms in total. The highest BCUT2D eigenvalue weighted by molar-refractivity contribution is 5.98. The lowest BCUT2D eigenvalue weighted by Gasteiger charge is -2.48. The van der Waals surface area contributed by atoms with Crippen LogP contribution in [0.15, 0.2) is 54.9 Å². The molecule has 1 saturated carbocycles. The van der Waals surface area contributed by atoms with Crippen molar-refractivity contribution < 1.29 is 31.1 Å². The van der Waals surface area contributed by atoms with Crippen molar-refractivity contribution in [2.24, 2.45) is 5.41 Å². The Bertz CT molecular complexity index is 1260. The van der Waals surface area contributed by atoms with Crippen molar-refractivity contribution in [1.29, 1.82) is 0 Å². The van der Waals surface area contributed by atoms with E-state index in [0.717, 1.165) is 5.56 Å². The van der Waals surface area contributed by atoms with Crippen LogP contribution in [0, 0.1) is 5.41 Å². The molecule has 3 unspecified atom stereocenters. The lowest BCUT2D eigenvalue weighted by Crippen LogP contribution is -2.51. The molecule has 196 valence electrons. The molecule has 1 aromatic heterocycles. The number of aromatic amines is 1. The smallest absolute Gasteiger partial charge is 0.333 e. The molecule has 0 bridgehead atoms. The molecular formula is C26H24F6N4O. The van der Waals surface area contributed by atoms with E-state index >= 15 is 0 Å². The van der Waals surface area contributed by atoms with Gasteiger partial charge in [-0.2, -0.15) is 36.4 Å². The lowest BCUT2D eigenvalue weighted by atomic mass is 9.65. The number of carbonyl (C=O) groups excluding carboxylic acids is 1. The number of Topliss-reactive ketones (excluding diaryl/α,β-unsaturated/α-hetero) is 1. The zero-order valence-electron chi connectivity index (χ0n) is 19.8. The number of hydrogen-bond acceptors (Lipinski definition) is 4. The number of ketones is 1. The molecule has 1 N–H and O–H groups in total. The first kappa shape index (κ1) is 25.3. The minimum Gasteiger partial charge on any atom is -0.333 e. The zero-order chi connectivity index (χ0) is 26.6. The van der Waals surface area contributed by atoms with E-state index in [4.69, 9.17) is 0 Å². The van der Waals surface area contributed by atoms with E-state index in [1.54, 1.807) is 0 Å². The molecule has 1 spiro atoms. The molecule has 1 saturated heterocycles. The molecule has 0 radical (unpaired) electrons. The van der Waals surface area contributed by atoms with E-state index in [1.165, 1.54) is 13.3 Å². The molecule has 2 heterocycles. The number of H-pyrrole nitrogens is 1. The second kappa shape index (κ2) is 8.59. The van der Waals surface area contributed by atoms with Crippen LogP contribution >= 0.6 is 0 Å². The van der Waals surface area contributed by atoms with Crippen molar-refractivity contribution in [2.45, 2.75) is 56.4 Å². The number of nitrogens with zero attached hydrogens (tertiary/aromatic N) is 3. The van der Waals surface area contributed by atoms with Gasteiger partial charge < -0.3 is 4.90 Å². The molecule has 11 heteroatoms. The fourth-order valence-electron chi connectivity index (χ4n) is 6.13. The minimum absolute atomic E-state index is 0.0983. The van der Waals surface area contributed by atoms with Gasteiger partial charge in [0.1, 0.15) is 6.33 Å². The third-order valence-electron chi connectivity index (χ3n) is 7.90. The number of carbonyl (C=O) groups is 1. The Balaban J connectivity index is 1.65. The van der Waals surface area contributed by atoms with Crippen molar-refractivity contribution in [3.05, 3.63) is 77.1 Å². The summed E-state index contributed by atoms with van der Waals surface area (Å²) in [5.41, 5.74) is -4.85. The van der Waals surface area contributed by atoms with E-state index in [0.29, 0.717) is 43.9 Å². The van der Waals surface area contributed by atoms with Crippen LogP contribution in [0.4, 0.5) is 32.3 Å². The van der Waals surface area contributed by atoms with Gasteiger partial charge in [-0.05, 0) is 61.9 Å². The second-order valence-corrected chi connectivity index (χ2v) is 10.0. The molecule has 0 amide bonds. The number of anilines is 1. The highest BCUT2D eigenvalue weighted by Crippen LogP contribution is 2.60. The number of nitrogens with one attached hydrogen (secondary N) is 1. The van der Waals surface area contributed by atoms with Crippen LogP contribution in [0.25, 0.3) is 0 Å². The number of benzene rings is 2. The summed E-state index contributed by atoms with van der Waals surface area (Å²) in [6.45, 7) is 2.03. The first-order chi connectivity index (χ1) is 17.4. The molecule has 2 aliphatic rings. The number of hydrogen-bond donors (Lipinski definition) is 1. The maximum absolute atomic E-state index is 14.4. The number of aromatic nitrogens is 3. The quantitative estimate of drug-likeness (QED) is 0.400. The maximum Gasteiger partial charge on any atom is 0.416 e. The first-order valence-electron chi connectivity index (χ1n) is 11.9. The van der Waals surface area contributed by atoms with Crippen LogP contribution in [-0.2, 0) is 22.6 Å². The predicted molar refractivity (Wildman–Crippen MR) is 123 cm³/mol. The Kier molecular flexibility index (Phi) is 5.87. The largest absolute Gasteiger partial charge is 0.416 e. The van der Waals surface area contributed by atoms with Crippen molar-refractivity contribution in [3.63, 3.8) is 0 Å². The minimum atomic E-state index is -4.99. The number of alkyl halides is 6. The summed E-state index contributed by atoms with van der Waals surface area (Å²) < 4.78 is 81.7. The van der Waals surface area contributed by atoms with Crippen molar-refractivity contribution >= 4 is 11.7 Å². The number of piperidine rings is 1. The Morgan fingerprint density at radius 1 is 0.946 bits per heavy atom. The van der Waals surface area contributed by atoms with Gasteiger partial charge in [-0.25, -0.2) is 5.10 Å². The second-order valence-electron chi connectivity index (χ2n) is 10.0. The predicted octanol–water partition coefficient (Wildman–Crippen LogP) is 6.49. The van der Waals surface area contributed by atoms with Gasteiger partial charge >= 0.3 is 12.4 Å². The summed E-state index contributed by atoms with van der Waals surface area (Å²) in [7, 11) is 0. The fourth-order valence-corrected chi connectivity index (χ4v) is 6.13. The number of rotatable bonds is 3. The van der Waals surface area contributed by atoms with Crippen molar-refractivity contribution in [1.82, 2.24) is 15.2 Å². The van der Waals surface area contributed by atoms with Gasteiger partial charge in [0, 0.05) is 6.54 Å². The Morgan fingerprint density at radius 2 is 1.59 bits per heavy atom. The topological polar surface area (TPSA) is 61.9 Å². The molecule has 2 fully saturated rings. The Labute approximate surface area is 208 Å². The van der Waals surface area contributed by atoms with Crippen LogP contribution in [0.3, 0.4) is 0 Å². The SMILES string of the molecule is CC1(c2cc(C(F)(F)F)cc(C(F)(F)F)c2)CCC2(CCCN(c3ncn[nH]3)C2c2ccccc2)C1=O. The van der Waals surface area contributed by atoms with Gasteiger partial charge in [-0.3, -0.25) is 4.79 Å². The monoisotopic (exact) mass is 522 g/mol. The van der Waals surface area contributed by atoms with Gasteiger partial charge in [-0.1, -0.05) is 30.3 Å². The number of halogens is 6. The van der Waals surface area contributed by atoms with Crippen LogP contribution < -0.4 is 4.90 Å². The summed E-state index contributed by atoms with van der Waals surface area (Å²) in [4.78, 5) is 20.6. The highest BCUT2D eigenvalue weighted by atomic mass is 19.4. The van der Waals surface area contributed by atoms with Gasteiger partial charge in [0.15, 0.2) is 5.78 Å². The molecule has 5 rings (SSSR count). The molecule has 1 aliphatic heterocycles. The third-order valence-corrected chi connectivity index (χ3v) is 7.90. The van der Waals surface area contributed by atoms with Crippen molar-refractivity contribution in [2.75, 3.05) is 11.4 Å². The van der Waals surface area contributed by atoms with Gasteiger partial charge in [0.05, 0.1) is 28.0 Å². The molecule has 3 aromatic rings. The maximum atomic E-state index is 14.4. The molecule has 37 heavy (non-hydrogen) atoms. The van der Waals surface area contributed by atoms with Gasteiger partial charge in [-0.15, -0.1) is 0 Å². The van der Waals surface area contributed by atoms with Crippen LogP contribution in [0.1, 0.15) is 60.9 Å². The lowest BCUT2D eigenvalue weighted by molar-refractivity contribution is -0.143. The summed E-state index contributed by atoms with van der Waals surface area (Å²) in [6.07, 6.45) is -7.15.